The van der Waals surface area contributed by atoms with Gasteiger partial charge in [-0.2, -0.15) is 0 Å². The van der Waals surface area contributed by atoms with Crippen LogP contribution in [0.3, 0.4) is 0 Å². The van der Waals surface area contributed by atoms with Gasteiger partial charge < -0.3 is 5.32 Å². The number of carbonyl (C=O) groups excluding carboxylic acids is 1. The Morgan fingerprint density at radius 1 is 1.47 bits per heavy atom. The van der Waals surface area contributed by atoms with Gasteiger partial charge in [-0.25, -0.2) is 4.39 Å². The van der Waals surface area contributed by atoms with Crippen LogP contribution in [0.25, 0.3) is 0 Å². The molecular weight excluding hydrogens is 285 g/mol. The second kappa shape index (κ2) is 5.63. The Morgan fingerprint density at radius 2 is 2.12 bits per heavy atom. The van der Waals surface area contributed by atoms with Gasteiger partial charge in [0.15, 0.2) is 0 Å². The van der Waals surface area contributed by atoms with Crippen molar-refractivity contribution in [1.29, 1.82) is 0 Å². The predicted molar refractivity (Wildman–Crippen MR) is 71.0 cm³/mol. The molecule has 0 aliphatic heterocycles. The zero-order valence-corrected chi connectivity index (χ0v) is 11.9. The second-order valence-corrected chi connectivity index (χ2v) is 5.52. The van der Waals surface area contributed by atoms with Crippen LogP contribution in [0.15, 0.2) is 18.2 Å². The lowest BCUT2D eigenvalue weighted by Gasteiger charge is -2.21. The lowest BCUT2D eigenvalue weighted by atomic mass is 9.96. The zero-order chi connectivity index (χ0) is 13.1. The Morgan fingerprint density at radius 3 is 2.65 bits per heavy atom. The number of alkyl halides is 1. The number of aryl methyl sites for hydroxylation is 1. The van der Waals surface area contributed by atoms with Crippen molar-refractivity contribution in [3.63, 3.8) is 0 Å². The molecule has 0 saturated heterocycles. The first-order chi connectivity index (χ1) is 7.85. The first-order valence-electron chi connectivity index (χ1n) is 5.46. The molecule has 0 aliphatic carbocycles. The summed E-state index contributed by atoms with van der Waals surface area (Å²) < 4.78 is 13.5. The summed E-state index contributed by atoms with van der Waals surface area (Å²) >= 11 is 3.38. The minimum atomic E-state index is -0.473. The average Bonchev–Trinajstić information content (AvgIpc) is 2.26. The smallest absolute Gasteiger partial charge is 0.254 e. The normalized spacial score (nSPS) is 11.4. The first-order valence-corrected chi connectivity index (χ1v) is 6.58. The van der Waals surface area contributed by atoms with Gasteiger partial charge in [-0.3, -0.25) is 4.79 Å². The molecule has 0 unspecified atom stereocenters. The highest BCUT2D eigenvalue weighted by atomic mass is 79.9. The minimum Gasteiger partial charge on any atom is -0.351 e. The molecule has 2 nitrogen and oxygen atoms in total. The largest absolute Gasteiger partial charge is 0.351 e. The number of benzene rings is 1. The Labute approximate surface area is 110 Å². The van der Waals surface area contributed by atoms with Crippen LogP contribution in [0.5, 0.6) is 0 Å². The zero-order valence-electron chi connectivity index (χ0n) is 10.3. The van der Waals surface area contributed by atoms with E-state index in [1.165, 1.54) is 12.1 Å². The third kappa shape index (κ3) is 4.11. The summed E-state index contributed by atoms with van der Waals surface area (Å²) in [5.41, 5.74) is 0.859. The number of rotatable bonds is 4. The summed E-state index contributed by atoms with van der Waals surface area (Å²) in [4.78, 5) is 11.8. The van der Waals surface area contributed by atoms with Crippen molar-refractivity contribution in [3.05, 3.63) is 35.1 Å². The fourth-order valence-electron chi connectivity index (χ4n) is 1.27. The summed E-state index contributed by atoms with van der Waals surface area (Å²) in [7, 11) is 0. The SMILES string of the molecule is Cc1ccc(C(=O)NCC(C)(C)CBr)c(F)c1. The van der Waals surface area contributed by atoms with E-state index in [2.05, 4.69) is 21.2 Å². The summed E-state index contributed by atoms with van der Waals surface area (Å²) in [6.45, 7) is 6.34. The summed E-state index contributed by atoms with van der Waals surface area (Å²) in [6.07, 6.45) is 0. The number of nitrogens with one attached hydrogen (secondary N) is 1. The van der Waals surface area contributed by atoms with Crippen molar-refractivity contribution in [2.24, 2.45) is 5.41 Å². The molecule has 1 amide bonds. The molecule has 17 heavy (non-hydrogen) atoms. The van der Waals surface area contributed by atoms with Crippen molar-refractivity contribution in [3.8, 4) is 0 Å². The van der Waals surface area contributed by atoms with E-state index in [9.17, 15) is 9.18 Å². The number of hydrogen-bond donors (Lipinski definition) is 1. The fourth-order valence-corrected chi connectivity index (χ4v) is 1.46. The van der Waals surface area contributed by atoms with Gasteiger partial charge in [0.05, 0.1) is 5.56 Å². The lowest BCUT2D eigenvalue weighted by Crippen LogP contribution is -2.35. The van der Waals surface area contributed by atoms with Gasteiger partial charge in [-0.05, 0) is 30.0 Å². The molecule has 0 saturated carbocycles. The first kappa shape index (κ1) is 14.2. The predicted octanol–water partition coefficient (Wildman–Crippen LogP) is 3.29. The van der Waals surface area contributed by atoms with Crippen LogP contribution < -0.4 is 5.32 Å². The van der Waals surface area contributed by atoms with E-state index < -0.39 is 5.82 Å². The van der Waals surface area contributed by atoms with Crippen molar-refractivity contribution >= 4 is 21.8 Å². The monoisotopic (exact) mass is 301 g/mol. The Hall–Kier alpha value is -0.900. The minimum absolute atomic E-state index is 0.0448. The highest BCUT2D eigenvalue weighted by molar-refractivity contribution is 9.09. The fraction of sp³-hybridized carbons (Fsp3) is 0.462. The molecule has 0 heterocycles. The third-order valence-electron chi connectivity index (χ3n) is 2.46. The Balaban J connectivity index is 2.71. The molecule has 0 aliphatic rings. The molecule has 1 aromatic rings. The van der Waals surface area contributed by atoms with Gasteiger partial charge in [0, 0.05) is 11.9 Å². The molecule has 1 rings (SSSR count). The number of amides is 1. The van der Waals surface area contributed by atoms with Gasteiger partial charge in [0.2, 0.25) is 0 Å². The molecule has 0 radical (unpaired) electrons. The van der Waals surface area contributed by atoms with Crippen LogP contribution in [-0.2, 0) is 0 Å². The Bertz CT molecular complexity index is 418. The van der Waals surface area contributed by atoms with E-state index >= 15 is 0 Å². The molecule has 4 heteroatoms. The molecular formula is C13H17BrFNO. The highest BCUT2D eigenvalue weighted by Gasteiger charge is 2.18. The van der Waals surface area contributed by atoms with E-state index in [1.54, 1.807) is 13.0 Å². The standard InChI is InChI=1S/C13H17BrFNO/c1-9-4-5-10(11(15)6-9)12(17)16-8-13(2,3)7-14/h4-6H,7-8H2,1-3H3,(H,16,17). The molecule has 0 aromatic heterocycles. The van der Waals surface area contributed by atoms with Crippen LogP contribution in [0, 0.1) is 18.2 Å². The van der Waals surface area contributed by atoms with E-state index in [1.807, 2.05) is 13.8 Å². The van der Waals surface area contributed by atoms with E-state index in [0.717, 1.165) is 10.9 Å². The number of halogens is 2. The topological polar surface area (TPSA) is 29.1 Å². The quantitative estimate of drug-likeness (QED) is 0.850. The molecule has 94 valence electrons. The van der Waals surface area contributed by atoms with Crippen molar-refractivity contribution < 1.29 is 9.18 Å². The van der Waals surface area contributed by atoms with Gasteiger partial charge in [-0.1, -0.05) is 35.8 Å². The average molecular weight is 302 g/mol. The summed E-state index contributed by atoms with van der Waals surface area (Å²) in [5.74, 6) is -0.837. The number of hydrogen-bond acceptors (Lipinski definition) is 1. The van der Waals surface area contributed by atoms with Crippen molar-refractivity contribution in [2.45, 2.75) is 20.8 Å². The van der Waals surface area contributed by atoms with Gasteiger partial charge in [0.25, 0.3) is 5.91 Å². The van der Waals surface area contributed by atoms with Gasteiger partial charge >= 0.3 is 0 Å². The maximum atomic E-state index is 13.5. The lowest BCUT2D eigenvalue weighted by molar-refractivity contribution is 0.0936. The highest BCUT2D eigenvalue weighted by Crippen LogP contribution is 2.17. The molecule has 1 N–H and O–H groups in total. The van der Waals surface area contributed by atoms with Gasteiger partial charge in [-0.15, -0.1) is 0 Å². The second-order valence-electron chi connectivity index (χ2n) is 4.96. The van der Waals surface area contributed by atoms with Crippen LogP contribution in [0.4, 0.5) is 4.39 Å². The summed E-state index contributed by atoms with van der Waals surface area (Å²) in [5, 5.41) is 3.52. The Kier molecular flexibility index (Phi) is 4.69. The van der Waals surface area contributed by atoms with Gasteiger partial charge in [0.1, 0.15) is 5.82 Å². The summed E-state index contributed by atoms with van der Waals surface area (Å²) in [6, 6.07) is 4.61. The van der Waals surface area contributed by atoms with E-state index in [-0.39, 0.29) is 16.9 Å². The van der Waals surface area contributed by atoms with Crippen molar-refractivity contribution in [2.75, 3.05) is 11.9 Å². The van der Waals surface area contributed by atoms with Crippen LogP contribution in [-0.4, -0.2) is 17.8 Å². The molecule has 0 spiro atoms. The van der Waals surface area contributed by atoms with E-state index in [4.69, 9.17) is 0 Å². The molecule has 0 fully saturated rings. The molecule has 1 aromatic carbocycles. The van der Waals surface area contributed by atoms with Crippen LogP contribution in [0.1, 0.15) is 29.8 Å². The van der Waals surface area contributed by atoms with Crippen LogP contribution in [0.2, 0.25) is 0 Å². The maximum Gasteiger partial charge on any atom is 0.254 e. The van der Waals surface area contributed by atoms with Crippen LogP contribution >= 0.6 is 15.9 Å². The van der Waals surface area contributed by atoms with E-state index in [0.29, 0.717) is 6.54 Å². The maximum absolute atomic E-state index is 13.5. The number of carbonyl (C=O) groups is 1. The third-order valence-corrected chi connectivity index (χ3v) is 3.98. The van der Waals surface area contributed by atoms with Crippen molar-refractivity contribution in [1.82, 2.24) is 5.32 Å². The molecule has 0 bridgehead atoms. The molecule has 0 atom stereocenters.